The molecule has 0 atom stereocenters. The molecule has 0 aliphatic heterocycles. The van der Waals surface area contributed by atoms with E-state index in [-0.39, 0.29) is 5.82 Å². The van der Waals surface area contributed by atoms with Crippen molar-refractivity contribution >= 4 is 17.2 Å². The fourth-order valence-corrected chi connectivity index (χ4v) is 3.01. The highest BCUT2D eigenvalue weighted by atomic mass is 19.1. The minimum atomic E-state index is -0.359. The lowest BCUT2D eigenvalue weighted by atomic mass is 10.0. The van der Waals surface area contributed by atoms with E-state index in [0.717, 1.165) is 23.0 Å². The van der Waals surface area contributed by atoms with Gasteiger partial charge in [0.2, 0.25) is 0 Å². The van der Waals surface area contributed by atoms with Crippen LogP contribution in [0, 0.1) is 5.82 Å². The van der Waals surface area contributed by atoms with Gasteiger partial charge in [-0.1, -0.05) is 66.7 Å². The van der Waals surface area contributed by atoms with Gasteiger partial charge in [-0.2, -0.15) is 0 Å². The summed E-state index contributed by atoms with van der Waals surface area (Å²) in [6.07, 6.45) is 0.777. The molecule has 0 bridgehead atoms. The predicted octanol–water partition coefficient (Wildman–Crippen LogP) is 5.45. The number of para-hydroxylation sites is 1. The molecule has 3 aromatic carbocycles. The van der Waals surface area contributed by atoms with Crippen molar-refractivity contribution < 1.29 is 9.18 Å². The predicted molar refractivity (Wildman–Crippen MR) is 94.5 cm³/mol. The van der Waals surface area contributed by atoms with E-state index in [9.17, 15) is 9.18 Å². The van der Waals surface area contributed by atoms with Gasteiger partial charge in [0, 0.05) is 10.9 Å². The molecular weight excluding hydrogens is 301 g/mol. The van der Waals surface area contributed by atoms with E-state index in [1.807, 2.05) is 54.6 Å². The summed E-state index contributed by atoms with van der Waals surface area (Å²) in [5, 5.41) is 0.604. The average molecular weight is 315 g/mol. The summed E-state index contributed by atoms with van der Waals surface area (Å²) in [6.45, 7) is 0. The maximum atomic E-state index is 14.0. The van der Waals surface area contributed by atoms with Gasteiger partial charge in [-0.3, -0.25) is 4.79 Å². The van der Waals surface area contributed by atoms with Crippen LogP contribution in [0.15, 0.2) is 72.8 Å². The molecule has 24 heavy (non-hydrogen) atoms. The molecule has 0 aliphatic rings. The first-order valence-electron chi connectivity index (χ1n) is 7.69. The van der Waals surface area contributed by atoms with E-state index in [0.29, 0.717) is 22.2 Å². The van der Waals surface area contributed by atoms with Gasteiger partial charge in [0.05, 0.1) is 11.2 Å². The largest absolute Gasteiger partial charge is 0.352 e. The van der Waals surface area contributed by atoms with Crippen LogP contribution in [0.1, 0.15) is 10.4 Å². The van der Waals surface area contributed by atoms with Gasteiger partial charge < -0.3 is 4.98 Å². The number of fused-ring (bicyclic) bond motifs is 1. The van der Waals surface area contributed by atoms with E-state index in [1.54, 1.807) is 12.1 Å². The Hall–Kier alpha value is -3.20. The number of carbonyl (C=O) groups excluding carboxylic acids is 1. The smallest absolute Gasteiger partial charge is 0.152 e. The molecule has 4 aromatic rings. The second-order valence-electron chi connectivity index (χ2n) is 5.64. The van der Waals surface area contributed by atoms with Crippen LogP contribution in [0.25, 0.3) is 33.3 Å². The number of hydrogen-bond donors (Lipinski definition) is 1. The van der Waals surface area contributed by atoms with Crippen molar-refractivity contribution in [3.8, 4) is 22.4 Å². The van der Waals surface area contributed by atoms with Crippen molar-refractivity contribution in [2.24, 2.45) is 0 Å². The molecule has 0 unspecified atom stereocenters. The fraction of sp³-hybridized carbons (Fsp3) is 0. The highest BCUT2D eigenvalue weighted by Crippen LogP contribution is 2.31. The average Bonchev–Trinajstić information content (AvgIpc) is 3.03. The fourth-order valence-electron chi connectivity index (χ4n) is 3.01. The summed E-state index contributed by atoms with van der Waals surface area (Å²) < 4.78 is 14.0. The second kappa shape index (κ2) is 5.78. The van der Waals surface area contributed by atoms with Crippen LogP contribution in [0.2, 0.25) is 0 Å². The number of benzene rings is 3. The molecule has 0 saturated heterocycles. The third-order valence-corrected chi connectivity index (χ3v) is 4.22. The summed E-state index contributed by atoms with van der Waals surface area (Å²) in [5.41, 5.74) is 4.56. The van der Waals surface area contributed by atoms with Crippen molar-refractivity contribution in [2.75, 3.05) is 0 Å². The molecule has 0 fully saturated rings. The highest BCUT2D eigenvalue weighted by molar-refractivity contribution is 6.04. The van der Waals surface area contributed by atoms with Crippen LogP contribution in [-0.4, -0.2) is 11.3 Å². The van der Waals surface area contributed by atoms with Gasteiger partial charge in [-0.25, -0.2) is 4.39 Å². The first kappa shape index (κ1) is 14.4. The lowest BCUT2D eigenvalue weighted by Crippen LogP contribution is -1.85. The third-order valence-electron chi connectivity index (χ3n) is 4.22. The van der Waals surface area contributed by atoms with Crippen LogP contribution in [0.3, 0.4) is 0 Å². The number of carbonyl (C=O) groups is 1. The lowest BCUT2D eigenvalue weighted by Gasteiger charge is -2.04. The molecule has 3 heteroatoms. The summed E-state index contributed by atoms with van der Waals surface area (Å²) in [4.78, 5) is 14.6. The summed E-state index contributed by atoms with van der Waals surface area (Å²) >= 11 is 0. The molecule has 0 radical (unpaired) electrons. The summed E-state index contributed by atoms with van der Waals surface area (Å²) in [6, 6.07) is 22.7. The second-order valence-corrected chi connectivity index (χ2v) is 5.64. The zero-order valence-corrected chi connectivity index (χ0v) is 12.8. The number of aromatic nitrogens is 1. The van der Waals surface area contributed by atoms with Crippen LogP contribution in [0.5, 0.6) is 0 Å². The first-order valence-corrected chi connectivity index (χ1v) is 7.69. The molecule has 0 aliphatic carbocycles. The Kier molecular flexibility index (Phi) is 3.47. The van der Waals surface area contributed by atoms with Crippen LogP contribution < -0.4 is 0 Å². The van der Waals surface area contributed by atoms with E-state index >= 15 is 0 Å². The molecule has 1 heterocycles. The van der Waals surface area contributed by atoms with Gasteiger partial charge in [0.15, 0.2) is 6.29 Å². The molecule has 0 amide bonds. The highest BCUT2D eigenvalue weighted by Gasteiger charge is 2.14. The van der Waals surface area contributed by atoms with Crippen molar-refractivity contribution in [2.45, 2.75) is 0 Å². The molecular formula is C21H14FNO. The summed E-state index contributed by atoms with van der Waals surface area (Å²) in [7, 11) is 0. The molecule has 0 saturated carbocycles. The Morgan fingerprint density at radius 3 is 2.12 bits per heavy atom. The van der Waals surface area contributed by atoms with Crippen molar-refractivity contribution in [1.29, 1.82) is 0 Å². The number of hydrogen-bond acceptors (Lipinski definition) is 1. The van der Waals surface area contributed by atoms with Gasteiger partial charge in [0.1, 0.15) is 5.82 Å². The quantitative estimate of drug-likeness (QED) is 0.501. The third kappa shape index (κ3) is 2.31. The maximum Gasteiger partial charge on any atom is 0.152 e. The van der Waals surface area contributed by atoms with E-state index in [4.69, 9.17) is 0 Å². The van der Waals surface area contributed by atoms with E-state index in [1.165, 1.54) is 6.07 Å². The zero-order valence-electron chi connectivity index (χ0n) is 12.8. The van der Waals surface area contributed by atoms with Crippen molar-refractivity contribution in [3.05, 3.63) is 84.2 Å². The van der Waals surface area contributed by atoms with Crippen LogP contribution in [0.4, 0.5) is 4.39 Å². The van der Waals surface area contributed by atoms with Crippen LogP contribution in [-0.2, 0) is 0 Å². The summed E-state index contributed by atoms with van der Waals surface area (Å²) in [5.74, 6) is -0.359. The SMILES string of the molecule is O=Cc1c(-c2ccc(-c3ccccc3)cc2)[nH]c2c(F)cccc12. The number of aromatic amines is 1. The Balaban J connectivity index is 1.83. The standard InChI is InChI=1S/C21H14FNO/c22-19-8-4-7-17-18(13-24)20(23-21(17)19)16-11-9-15(10-12-16)14-5-2-1-3-6-14/h1-13,23H. The monoisotopic (exact) mass is 315 g/mol. The number of H-pyrrole nitrogens is 1. The maximum absolute atomic E-state index is 14.0. The van der Waals surface area contributed by atoms with Gasteiger partial charge in [-0.15, -0.1) is 0 Å². The van der Waals surface area contributed by atoms with Crippen molar-refractivity contribution in [3.63, 3.8) is 0 Å². The van der Waals surface area contributed by atoms with Gasteiger partial charge in [0.25, 0.3) is 0 Å². The number of nitrogens with one attached hydrogen (secondary N) is 1. The Labute approximate surface area is 138 Å². The minimum Gasteiger partial charge on any atom is -0.352 e. The van der Waals surface area contributed by atoms with E-state index in [2.05, 4.69) is 4.98 Å². The molecule has 0 spiro atoms. The molecule has 2 nitrogen and oxygen atoms in total. The normalized spacial score (nSPS) is 10.9. The Morgan fingerprint density at radius 1 is 0.750 bits per heavy atom. The molecule has 4 rings (SSSR count). The van der Waals surface area contributed by atoms with E-state index < -0.39 is 0 Å². The Morgan fingerprint density at radius 2 is 1.42 bits per heavy atom. The van der Waals surface area contributed by atoms with Crippen LogP contribution >= 0.6 is 0 Å². The van der Waals surface area contributed by atoms with Crippen molar-refractivity contribution in [1.82, 2.24) is 4.98 Å². The topological polar surface area (TPSA) is 32.9 Å². The lowest BCUT2D eigenvalue weighted by molar-refractivity contribution is 0.112. The minimum absolute atomic E-state index is 0.359. The zero-order chi connectivity index (χ0) is 16.5. The number of halogens is 1. The van der Waals surface area contributed by atoms with Gasteiger partial charge in [-0.05, 0) is 22.8 Å². The molecule has 1 aromatic heterocycles. The van der Waals surface area contributed by atoms with Gasteiger partial charge >= 0.3 is 0 Å². The first-order chi connectivity index (χ1) is 11.8. The number of rotatable bonds is 3. The Bertz CT molecular complexity index is 1020. The molecule has 1 N–H and O–H groups in total. The number of aldehydes is 1. The molecule has 116 valence electrons.